The van der Waals surface area contributed by atoms with E-state index in [1.165, 1.54) is 0 Å². The van der Waals surface area contributed by atoms with Crippen LogP contribution < -0.4 is 10.1 Å². The number of benzene rings is 1. The third kappa shape index (κ3) is 5.01. The Bertz CT molecular complexity index is 463. The maximum atomic E-state index is 12.0. The molecule has 0 aliphatic carbocycles. The molecule has 0 radical (unpaired) electrons. The average Bonchev–Trinajstić information content (AvgIpc) is 2.38. The molecular formula is C15H20N2O2. The summed E-state index contributed by atoms with van der Waals surface area (Å²) in [6.45, 7) is 6.48. The first-order valence-corrected chi connectivity index (χ1v) is 6.50. The van der Waals surface area contributed by atoms with E-state index in [9.17, 15) is 4.79 Å². The molecule has 4 nitrogen and oxygen atoms in total. The van der Waals surface area contributed by atoms with Crippen molar-refractivity contribution in [1.29, 1.82) is 5.26 Å². The Morgan fingerprint density at radius 2 is 2.21 bits per heavy atom. The van der Waals surface area contributed by atoms with Crippen LogP contribution >= 0.6 is 0 Å². The van der Waals surface area contributed by atoms with E-state index in [4.69, 9.17) is 10.00 Å². The van der Waals surface area contributed by atoms with Crippen molar-refractivity contribution in [3.8, 4) is 11.8 Å². The first-order valence-electron chi connectivity index (χ1n) is 6.50. The highest BCUT2D eigenvalue weighted by atomic mass is 16.5. The molecule has 0 aliphatic rings. The summed E-state index contributed by atoms with van der Waals surface area (Å²) >= 11 is 0. The van der Waals surface area contributed by atoms with Gasteiger partial charge in [0.05, 0.1) is 12.7 Å². The number of carbonyl (C=O) groups excluding carboxylic acids is 1. The number of ether oxygens (including phenoxy) is 1. The smallest absolute Gasteiger partial charge is 0.252 e. The zero-order chi connectivity index (χ0) is 14.3. The average molecular weight is 260 g/mol. The van der Waals surface area contributed by atoms with Gasteiger partial charge in [0.2, 0.25) is 0 Å². The first-order chi connectivity index (χ1) is 9.06. The van der Waals surface area contributed by atoms with Gasteiger partial charge in [-0.1, -0.05) is 19.9 Å². The lowest BCUT2D eigenvalue weighted by Crippen LogP contribution is -2.34. The van der Waals surface area contributed by atoms with Gasteiger partial charge in [-0.25, -0.2) is 0 Å². The quantitative estimate of drug-likeness (QED) is 0.855. The van der Waals surface area contributed by atoms with Gasteiger partial charge in [0.15, 0.2) is 0 Å². The maximum absolute atomic E-state index is 12.0. The number of hydrogen-bond donors (Lipinski definition) is 1. The molecule has 102 valence electrons. The third-order valence-corrected chi connectivity index (χ3v) is 2.58. The summed E-state index contributed by atoms with van der Waals surface area (Å²) in [6, 6.07) is 8.62. The number of nitrogens with zero attached hydrogens (tertiary/aromatic N) is 1. The van der Waals surface area contributed by atoms with Crippen molar-refractivity contribution < 1.29 is 9.53 Å². The minimum Gasteiger partial charge on any atom is -0.494 e. The minimum absolute atomic E-state index is 0.242. The number of amides is 1. The molecule has 0 fully saturated rings. The fourth-order valence-corrected chi connectivity index (χ4v) is 1.75. The zero-order valence-corrected chi connectivity index (χ0v) is 11.6. The van der Waals surface area contributed by atoms with Crippen LogP contribution in [0.5, 0.6) is 5.75 Å². The second-order valence-corrected chi connectivity index (χ2v) is 4.75. The van der Waals surface area contributed by atoms with E-state index in [0.29, 0.717) is 30.3 Å². The lowest BCUT2D eigenvalue weighted by molar-refractivity contribution is 0.0941. The second-order valence-electron chi connectivity index (χ2n) is 4.75. The molecule has 1 rings (SSSR count). The predicted molar refractivity (Wildman–Crippen MR) is 73.9 cm³/mol. The predicted octanol–water partition coefficient (Wildman–Crippen LogP) is 2.75. The van der Waals surface area contributed by atoms with Crippen LogP contribution in [-0.2, 0) is 0 Å². The third-order valence-electron chi connectivity index (χ3n) is 2.58. The number of nitrogens with one attached hydrogen (secondary N) is 1. The fraction of sp³-hybridized carbons (Fsp3) is 0.467. The van der Waals surface area contributed by atoms with Crippen LogP contribution in [0.1, 0.15) is 37.6 Å². The van der Waals surface area contributed by atoms with E-state index in [1.807, 2.05) is 20.8 Å². The molecule has 0 saturated carbocycles. The van der Waals surface area contributed by atoms with Crippen LogP contribution in [0.3, 0.4) is 0 Å². The Hall–Kier alpha value is -2.02. The summed E-state index contributed by atoms with van der Waals surface area (Å²) in [6.07, 6.45) is 0.646. The topological polar surface area (TPSA) is 62.1 Å². The number of hydrogen-bond acceptors (Lipinski definition) is 3. The summed E-state index contributed by atoms with van der Waals surface area (Å²) in [4.78, 5) is 12.0. The monoisotopic (exact) mass is 260 g/mol. The van der Waals surface area contributed by atoms with E-state index < -0.39 is 6.04 Å². The number of rotatable bonds is 6. The Morgan fingerprint density at radius 1 is 1.47 bits per heavy atom. The van der Waals surface area contributed by atoms with Crippen LogP contribution in [0.4, 0.5) is 0 Å². The molecule has 1 aromatic carbocycles. The van der Waals surface area contributed by atoms with E-state index in [1.54, 1.807) is 24.3 Å². The maximum Gasteiger partial charge on any atom is 0.252 e. The number of carbonyl (C=O) groups is 1. The molecule has 0 aliphatic heterocycles. The van der Waals surface area contributed by atoms with E-state index in [2.05, 4.69) is 11.4 Å². The van der Waals surface area contributed by atoms with Crippen LogP contribution in [0, 0.1) is 17.2 Å². The molecule has 1 amide bonds. The SMILES string of the molecule is CCOc1cccc(C(=O)N[C@H](C#N)CC(C)C)c1. The summed E-state index contributed by atoms with van der Waals surface area (Å²) in [5.74, 6) is 0.779. The summed E-state index contributed by atoms with van der Waals surface area (Å²) in [7, 11) is 0. The highest BCUT2D eigenvalue weighted by Crippen LogP contribution is 2.13. The van der Waals surface area contributed by atoms with Gasteiger partial charge in [-0.05, 0) is 37.5 Å². The molecule has 1 atom stereocenters. The largest absolute Gasteiger partial charge is 0.494 e. The van der Waals surface area contributed by atoms with Crippen molar-refractivity contribution in [1.82, 2.24) is 5.32 Å². The Balaban J connectivity index is 2.72. The number of nitriles is 1. The van der Waals surface area contributed by atoms with E-state index >= 15 is 0 Å². The van der Waals surface area contributed by atoms with Gasteiger partial charge in [-0.15, -0.1) is 0 Å². The van der Waals surface area contributed by atoms with Crippen LogP contribution in [0.25, 0.3) is 0 Å². The van der Waals surface area contributed by atoms with Crippen molar-refractivity contribution in [2.75, 3.05) is 6.61 Å². The van der Waals surface area contributed by atoms with Gasteiger partial charge in [0.25, 0.3) is 5.91 Å². The molecule has 0 unspecified atom stereocenters. The normalized spacial score (nSPS) is 11.7. The molecule has 0 bridgehead atoms. The molecule has 0 aromatic heterocycles. The summed E-state index contributed by atoms with van der Waals surface area (Å²) in [5, 5.41) is 11.7. The van der Waals surface area contributed by atoms with Crippen molar-refractivity contribution >= 4 is 5.91 Å². The molecule has 19 heavy (non-hydrogen) atoms. The Labute approximate surface area is 114 Å². The lowest BCUT2D eigenvalue weighted by Gasteiger charge is -2.14. The standard InChI is InChI=1S/C15H20N2O2/c1-4-19-14-7-5-6-12(9-14)15(18)17-13(10-16)8-11(2)3/h5-7,9,11,13H,4,8H2,1-3H3,(H,17,18)/t13-/m0/s1. The van der Waals surface area contributed by atoms with Gasteiger partial charge in [0, 0.05) is 5.56 Å². The zero-order valence-electron chi connectivity index (χ0n) is 11.6. The highest BCUT2D eigenvalue weighted by molar-refractivity contribution is 5.94. The molecule has 4 heteroatoms. The highest BCUT2D eigenvalue weighted by Gasteiger charge is 2.14. The van der Waals surface area contributed by atoms with Gasteiger partial charge in [0.1, 0.15) is 11.8 Å². The molecule has 0 saturated heterocycles. The Morgan fingerprint density at radius 3 is 2.79 bits per heavy atom. The first kappa shape index (κ1) is 15.0. The second kappa shape index (κ2) is 7.42. The summed E-state index contributed by atoms with van der Waals surface area (Å²) in [5.41, 5.74) is 0.509. The molecule has 1 N–H and O–H groups in total. The van der Waals surface area contributed by atoms with E-state index in [0.717, 1.165) is 0 Å². The van der Waals surface area contributed by atoms with Crippen LogP contribution in [0.2, 0.25) is 0 Å². The van der Waals surface area contributed by atoms with Gasteiger partial charge in [-0.2, -0.15) is 5.26 Å². The van der Waals surface area contributed by atoms with Gasteiger partial charge < -0.3 is 10.1 Å². The fourth-order valence-electron chi connectivity index (χ4n) is 1.75. The van der Waals surface area contributed by atoms with Crippen LogP contribution in [-0.4, -0.2) is 18.6 Å². The van der Waals surface area contributed by atoms with Crippen molar-refractivity contribution in [3.63, 3.8) is 0 Å². The van der Waals surface area contributed by atoms with Crippen LogP contribution in [0.15, 0.2) is 24.3 Å². The van der Waals surface area contributed by atoms with Crippen molar-refractivity contribution in [2.24, 2.45) is 5.92 Å². The molecule has 1 aromatic rings. The lowest BCUT2D eigenvalue weighted by atomic mass is 10.0. The van der Waals surface area contributed by atoms with Crippen molar-refractivity contribution in [3.05, 3.63) is 29.8 Å². The summed E-state index contributed by atoms with van der Waals surface area (Å²) < 4.78 is 5.35. The van der Waals surface area contributed by atoms with Gasteiger partial charge in [-0.3, -0.25) is 4.79 Å². The molecule has 0 heterocycles. The van der Waals surface area contributed by atoms with E-state index in [-0.39, 0.29) is 5.91 Å². The van der Waals surface area contributed by atoms with Crippen molar-refractivity contribution in [2.45, 2.75) is 33.2 Å². The molecule has 0 spiro atoms. The van der Waals surface area contributed by atoms with Gasteiger partial charge >= 0.3 is 0 Å². The Kier molecular flexibility index (Phi) is 5.87. The minimum atomic E-state index is -0.455. The molecular weight excluding hydrogens is 240 g/mol.